The van der Waals surface area contributed by atoms with E-state index in [0.717, 1.165) is 6.42 Å². The predicted molar refractivity (Wildman–Crippen MR) is 70.8 cm³/mol. The summed E-state index contributed by atoms with van der Waals surface area (Å²) in [7, 11) is 0. The monoisotopic (exact) mass is 212 g/mol. The van der Waals surface area contributed by atoms with Gasteiger partial charge in [-0.2, -0.15) is 0 Å². The lowest BCUT2D eigenvalue weighted by Gasteiger charge is -2.15. The van der Waals surface area contributed by atoms with Crippen LogP contribution in [0.5, 0.6) is 0 Å². The van der Waals surface area contributed by atoms with Gasteiger partial charge in [0.15, 0.2) is 0 Å². The summed E-state index contributed by atoms with van der Waals surface area (Å²) in [6.45, 7) is 10.4. The molecule has 0 heterocycles. The van der Waals surface area contributed by atoms with Crippen LogP contribution in [0.2, 0.25) is 0 Å². The second-order valence-corrected chi connectivity index (χ2v) is 4.69. The normalized spacial score (nSPS) is 13.4. The Morgan fingerprint density at radius 3 is 2.69 bits per heavy atom. The molecule has 0 spiro atoms. The number of benzene rings is 1. The van der Waals surface area contributed by atoms with Gasteiger partial charge in [-0.25, -0.2) is 0 Å². The highest BCUT2D eigenvalue weighted by atomic mass is 14.2. The van der Waals surface area contributed by atoms with E-state index in [-0.39, 0.29) is 0 Å². The third-order valence-electron chi connectivity index (χ3n) is 3.77. The van der Waals surface area contributed by atoms with Crippen molar-refractivity contribution < 1.29 is 0 Å². The second kappa shape index (κ2) is 4.31. The maximum atomic E-state index is 3.77. The van der Waals surface area contributed by atoms with Crippen molar-refractivity contribution in [2.24, 2.45) is 0 Å². The number of allylic oxidation sites excluding steroid dienone is 1. The van der Waals surface area contributed by atoms with Crippen molar-refractivity contribution >= 4 is 5.57 Å². The minimum absolute atomic E-state index is 1.16. The summed E-state index contributed by atoms with van der Waals surface area (Å²) >= 11 is 0. The Balaban J connectivity index is 2.71. The van der Waals surface area contributed by atoms with E-state index in [0.29, 0.717) is 0 Å². The van der Waals surface area contributed by atoms with Crippen LogP contribution in [0.25, 0.3) is 5.57 Å². The fourth-order valence-electron chi connectivity index (χ4n) is 2.92. The van der Waals surface area contributed by atoms with E-state index in [1.54, 1.807) is 16.7 Å². The van der Waals surface area contributed by atoms with Crippen molar-refractivity contribution in [1.29, 1.82) is 0 Å². The summed E-state index contributed by atoms with van der Waals surface area (Å²) in [5, 5.41) is 0. The zero-order valence-electron chi connectivity index (χ0n) is 10.6. The molecule has 0 fully saturated rings. The SMILES string of the molecule is C=C=C(C)c1cc(C)c(CC)c2c1CCC2. The quantitative estimate of drug-likeness (QED) is 0.643. The molecular formula is C16H20. The predicted octanol–water partition coefficient (Wildman–Crippen LogP) is 4.23. The highest BCUT2D eigenvalue weighted by molar-refractivity contribution is 5.69. The first kappa shape index (κ1) is 11.2. The van der Waals surface area contributed by atoms with Crippen LogP contribution in [0, 0.1) is 6.92 Å². The fraction of sp³-hybridized carbons (Fsp3) is 0.438. The van der Waals surface area contributed by atoms with Gasteiger partial charge in [0, 0.05) is 0 Å². The minimum atomic E-state index is 1.16. The molecule has 0 radical (unpaired) electrons. The van der Waals surface area contributed by atoms with E-state index in [2.05, 4.69) is 39.1 Å². The summed E-state index contributed by atoms with van der Waals surface area (Å²) in [6, 6.07) is 2.33. The van der Waals surface area contributed by atoms with Crippen molar-refractivity contribution in [1.82, 2.24) is 0 Å². The first-order valence-electron chi connectivity index (χ1n) is 6.20. The third kappa shape index (κ3) is 1.64. The van der Waals surface area contributed by atoms with Gasteiger partial charge in [-0.05, 0) is 72.9 Å². The number of hydrogen-bond donors (Lipinski definition) is 0. The molecule has 0 aliphatic heterocycles. The molecule has 0 aromatic heterocycles. The number of hydrogen-bond acceptors (Lipinski definition) is 0. The zero-order chi connectivity index (χ0) is 11.7. The van der Waals surface area contributed by atoms with Crippen LogP contribution < -0.4 is 0 Å². The summed E-state index contributed by atoms with van der Waals surface area (Å²) < 4.78 is 0. The molecule has 84 valence electrons. The van der Waals surface area contributed by atoms with E-state index in [1.165, 1.54) is 36.0 Å². The highest BCUT2D eigenvalue weighted by Gasteiger charge is 2.20. The van der Waals surface area contributed by atoms with Crippen LogP contribution in [-0.2, 0) is 19.3 Å². The Morgan fingerprint density at radius 2 is 2.06 bits per heavy atom. The summed E-state index contributed by atoms with van der Waals surface area (Å²) in [5.74, 6) is 0. The van der Waals surface area contributed by atoms with Crippen LogP contribution in [-0.4, -0.2) is 0 Å². The first-order chi connectivity index (χ1) is 7.69. The molecule has 1 aromatic rings. The fourth-order valence-corrected chi connectivity index (χ4v) is 2.92. The molecule has 1 aliphatic carbocycles. The molecule has 0 nitrogen and oxygen atoms in total. The molecule has 1 aromatic carbocycles. The standard InChI is InChI=1S/C16H20/c1-5-11(3)16-10-12(4)13(6-2)14-8-7-9-15(14)16/h10H,1,6-9H2,2-4H3. The molecule has 0 amide bonds. The van der Waals surface area contributed by atoms with Crippen LogP contribution in [0.1, 0.15) is 48.1 Å². The molecule has 0 heteroatoms. The number of aryl methyl sites for hydroxylation is 1. The van der Waals surface area contributed by atoms with E-state index < -0.39 is 0 Å². The minimum Gasteiger partial charge on any atom is -0.125 e. The van der Waals surface area contributed by atoms with E-state index in [9.17, 15) is 0 Å². The van der Waals surface area contributed by atoms with E-state index in [4.69, 9.17) is 0 Å². The lowest BCUT2D eigenvalue weighted by molar-refractivity contribution is 0.903. The van der Waals surface area contributed by atoms with Gasteiger partial charge < -0.3 is 0 Å². The second-order valence-electron chi connectivity index (χ2n) is 4.69. The van der Waals surface area contributed by atoms with Gasteiger partial charge in [-0.3, -0.25) is 0 Å². The van der Waals surface area contributed by atoms with Crippen LogP contribution in [0.15, 0.2) is 18.4 Å². The summed E-state index contributed by atoms with van der Waals surface area (Å²) in [6.07, 6.45) is 4.96. The lowest BCUT2D eigenvalue weighted by Crippen LogP contribution is -1.99. The van der Waals surface area contributed by atoms with E-state index >= 15 is 0 Å². The third-order valence-corrected chi connectivity index (χ3v) is 3.77. The van der Waals surface area contributed by atoms with Crippen molar-refractivity contribution in [3.05, 3.63) is 46.2 Å². The van der Waals surface area contributed by atoms with Crippen LogP contribution >= 0.6 is 0 Å². The highest BCUT2D eigenvalue weighted by Crippen LogP contribution is 2.34. The zero-order valence-corrected chi connectivity index (χ0v) is 10.6. The summed E-state index contributed by atoms with van der Waals surface area (Å²) in [4.78, 5) is 0. The molecule has 0 N–H and O–H groups in total. The Kier molecular flexibility index (Phi) is 3.03. The smallest absolute Gasteiger partial charge is 0.00223 e. The van der Waals surface area contributed by atoms with Crippen LogP contribution in [0.3, 0.4) is 0 Å². The largest absolute Gasteiger partial charge is 0.125 e. The molecule has 0 saturated carbocycles. The first-order valence-corrected chi connectivity index (χ1v) is 6.20. The van der Waals surface area contributed by atoms with Crippen molar-refractivity contribution in [3.63, 3.8) is 0 Å². The van der Waals surface area contributed by atoms with Gasteiger partial charge in [0.1, 0.15) is 0 Å². The average Bonchev–Trinajstić information content (AvgIpc) is 2.75. The maximum Gasteiger partial charge on any atom is -0.00223 e. The molecule has 2 rings (SSSR count). The molecule has 16 heavy (non-hydrogen) atoms. The number of fused-ring (bicyclic) bond motifs is 1. The summed E-state index contributed by atoms with van der Waals surface area (Å²) in [5.41, 5.74) is 11.8. The van der Waals surface area contributed by atoms with Crippen molar-refractivity contribution in [2.45, 2.75) is 46.5 Å². The Hall–Kier alpha value is -1.26. The maximum absolute atomic E-state index is 3.77. The Labute approximate surface area is 98.7 Å². The van der Waals surface area contributed by atoms with E-state index in [1.807, 2.05) is 0 Å². The lowest BCUT2D eigenvalue weighted by atomic mass is 9.90. The molecule has 1 aliphatic rings. The molecule has 0 atom stereocenters. The molecule has 0 bridgehead atoms. The topological polar surface area (TPSA) is 0 Å². The number of rotatable bonds is 2. The van der Waals surface area contributed by atoms with Crippen LogP contribution in [0.4, 0.5) is 0 Å². The van der Waals surface area contributed by atoms with Gasteiger partial charge in [-0.15, -0.1) is 5.73 Å². The van der Waals surface area contributed by atoms with Crippen molar-refractivity contribution in [2.75, 3.05) is 0 Å². The Morgan fingerprint density at radius 1 is 1.38 bits per heavy atom. The Bertz CT molecular complexity index is 471. The molecule has 0 saturated heterocycles. The van der Waals surface area contributed by atoms with Gasteiger partial charge in [0.05, 0.1) is 0 Å². The molecular weight excluding hydrogens is 192 g/mol. The van der Waals surface area contributed by atoms with Crippen molar-refractivity contribution in [3.8, 4) is 0 Å². The molecule has 0 unspecified atom stereocenters. The van der Waals surface area contributed by atoms with Gasteiger partial charge in [0.25, 0.3) is 0 Å². The van der Waals surface area contributed by atoms with Gasteiger partial charge >= 0.3 is 0 Å². The van der Waals surface area contributed by atoms with Gasteiger partial charge in [0.2, 0.25) is 0 Å². The average molecular weight is 212 g/mol. The van der Waals surface area contributed by atoms with Gasteiger partial charge in [-0.1, -0.05) is 19.6 Å².